The van der Waals surface area contributed by atoms with Gasteiger partial charge in [-0.05, 0) is 5.56 Å². The van der Waals surface area contributed by atoms with Crippen molar-refractivity contribution in [2.75, 3.05) is 6.54 Å². The summed E-state index contributed by atoms with van der Waals surface area (Å²) in [6.45, 7) is 0.765. The normalized spacial score (nSPS) is 24.6. The van der Waals surface area contributed by atoms with Gasteiger partial charge in [-0.25, -0.2) is 0 Å². The molecule has 0 aliphatic carbocycles. The maximum atomic E-state index is 10.7. The molecule has 76 valence electrons. The summed E-state index contributed by atoms with van der Waals surface area (Å²) in [7, 11) is 0. The first-order valence-electron chi connectivity index (χ1n) is 4.30. The highest BCUT2D eigenvalue weighted by Crippen LogP contribution is 2.25. The van der Waals surface area contributed by atoms with Gasteiger partial charge in [0.25, 0.3) is 0 Å². The predicted octanol–water partition coefficient (Wildman–Crippen LogP) is 1.25. The monoisotopic (exact) mass is 213 g/mol. The van der Waals surface area contributed by atoms with Crippen molar-refractivity contribution >= 4 is 18.4 Å². The summed E-state index contributed by atoms with van der Waals surface area (Å²) in [5, 5.41) is 11.7. The van der Waals surface area contributed by atoms with Crippen LogP contribution < -0.4 is 5.32 Å². The molecular weight excluding hydrogens is 202 g/mol. The molecule has 4 heteroatoms. The number of carbonyl (C=O) groups is 1. The molecule has 1 heterocycles. The van der Waals surface area contributed by atoms with Gasteiger partial charge in [0.2, 0.25) is 0 Å². The van der Waals surface area contributed by atoms with E-state index in [1.54, 1.807) is 0 Å². The lowest BCUT2D eigenvalue weighted by molar-refractivity contribution is -0.142. The third kappa shape index (κ3) is 1.89. The van der Waals surface area contributed by atoms with Gasteiger partial charge < -0.3 is 10.4 Å². The van der Waals surface area contributed by atoms with Crippen LogP contribution >= 0.6 is 12.4 Å². The van der Waals surface area contributed by atoms with Crippen molar-refractivity contribution in [1.82, 2.24) is 5.32 Å². The minimum absolute atomic E-state index is 0. The predicted molar refractivity (Wildman–Crippen MR) is 55.9 cm³/mol. The highest BCUT2D eigenvalue weighted by Gasteiger charge is 2.36. The molecule has 1 aromatic carbocycles. The fraction of sp³-hybridized carbons (Fsp3) is 0.300. The first-order chi connectivity index (χ1) is 6.29. The molecule has 2 atom stereocenters. The van der Waals surface area contributed by atoms with Crippen molar-refractivity contribution in [3.05, 3.63) is 35.9 Å². The number of carboxylic acid groups (broad SMARTS) is 1. The van der Waals surface area contributed by atoms with E-state index in [0.29, 0.717) is 0 Å². The van der Waals surface area contributed by atoms with Crippen molar-refractivity contribution in [2.24, 2.45) is 0 Å². The second-order valence-electron chi connectivity index (χ2n) is 3.24. The molecule has 0 spiro atoms. The number of halogens is 1. The first kappa shape index (κ1) is 11.0. The third-order valence-corrected chi connectivity index (χ3v) is 2.45. The maximum absolute atomic E-state index is 10.7. The number of rotatable bonds is 2. The van der Waals surface area contributed by atoms with Crippen molar-refractivity contribution in [3.63, 3.8) is 0 Å². The summed E-state index contributed by atoms with van der Waals surface area (Å²) in [4.78, 5) is 10.7. The van der Waals surface area contributed by atoms with Crippen molar-refractivity contribution < 1.29 is 9.90 Å². The lowest BCUT2D eigenvalue weighted by Crippen LogP contribution is -2.55. The van der Waals surface area contributed by atoms with E-state index in [-0.39, 0.29) is 18.3 Å². The summed E-state index contributed by atoms with van der Waals surface area (Å²) in [6.07, 6.45) is 0. The number of aliphatic carboxylic acids is 1. The first-order valence-corrected chi connectivity index (χ1v) is 4.30. The zero-order valence-corrected chi connectivity index (χ0v) is 8.33. The quantitative estimate of drug-likeness (QED) is 0.778. The largest absolute Gasteiger partial charge is 0.480 e. The van der Waals surface area contributed by atoms with Gasteiger partial charge in [-0.3, -0.25) is 4.79 Å². The van der Waals surface area contributed by atoms with Gasteiger partial charge in [-0.1, -0.05) is 30.3 Å². The summed E-state index contributed by atoms with van der Waals surface area (Å²) in [5.74, 6) is -0.626. The van der Waals surface area contributed by atoms with Gasteiger partial charge in [-0.15, -0.1) is 12.4 Å². The molecule has 1 fully saturated rings. The molecule has 14 heavy (non-hydrogen) atoms. The third-order valence-electron chi connectivity index (χ3n) is 2.45. The van der Waals surface area contributed by atoms with Crippen LogP contribution in [0.2, 0.25) is 0 Å². The van der Waals surface area contributed by atoms with Crippen LogP contribution in [0.1, 0.15) is 11.5 Å². The summed E-state index contributed by atoms with van der Waals surface area (Å²) < 4.78 is 0. The van der Waals surface area contributed by atoms with E-state index in [2.05, 4.69) is 5.32 Å². The van der Waals surface area contributed by atoms with Gasteiger partial charge in [0.15, 0.2) is 0 Å². The van der Waals surface area contributed by atoms with Crippen molar-refractivity contribution in [1.29, 1.82) is 0 Å². The zero-order chi connectivity index (χ0) is 9.26. The minimum atomic E-state index is -0.764. The number of hydrogen-bond acceptors (Lipinski definition) is 2. The Balaban J connectivity index is 0.000000980. The Bertz CT molecular complexity index is 315. The summed E-state index contributed by atoms with van der Waals surface area (Å²) >= 11 is 0. The molecular formula is C10H12ClNO2. The van der Waals surface area contributed by atoms with E-state index in [1.807, 2.05) is 30.3 Å². The zero-order valence-electron chi connectivity index (χ0n) is 7.51. The molecule has 0 aromatic heterocycles. The van der Waals surface area contributed by atoms with E-state index < -0.39 is 12.0 Å². The van der Waals surface area contributed by atoms with Crippen molar-refractivity contribution in [2.45, 2.75) is 12.0 Å². The fourth-order valence-electron chi connectivity index (χ4n) is 1.62. The molecule has 0 amide bonds. The highest BCUT2D eigenvalue weighted by atomic mass is 35.5. The van der Waals surface area contributed by atoms with Crippen LogP contribution in [-0.4, -0.2) is 23.7 Å². The minimum Gasteiger partial charge on any atom is -0.480 e. The van der Waals surface area contributed by atoms with E-state index in [9.17, 15) is 4.79 Å². The van der Waals surface area contributed by atoms with Crippen LogP contribution in [0.15, 0.2) is 30.3 Å². The van der Waals surface area contributed by atoms with Crippen molar-refractivity contribution in [3.8, 4) is 0 Å². The van der Waals surface area contributed by atoms with Crippen LogP contribution in [0.3, 0.4) is 0 Å². The smallest absolute Gasteiger partial charge is 0.321 e. The molecule has 2 N–H and O–H groups in total. The summed E-state index contributed by atoms with van der Waals surface area (Å²) in [5.41, 5.74) is 1.11. The topological polar surface area (TPSA) is 49.3 Å². The lowest BCUT2D eigenvalue weighted by atomic mass is 9.85. The summed E-state index contributed by atoms with van der Waals surface area (Å²) in [6, 6.07) is 9.36. The molecule has 0 radical (unpaired) electrons. The Morgan fingerprint density at radius 3 is 2.43 bits per heavy atom. The molecule has 1 saturated heterocycles. The molecule has 0 bridgehead atoms. The maximum Gasteiger partial charge on any atom is 0.321 e. The molecule has 1 aliphatic rings. The standard InChI is InChI=1S/C10H11NO2.ClH/c12-10(13)9-8(6-11-9)7-4-2-1-3-5-7;/h1-5,8-9,11H,6H2,(H,12,13);1H/t8-,9-;/m0./s1. The van der Waals surface area contributed by atoms with Gasteiger partial charge in [-0.2, -0.15) is 0 Å². The Hall–Kier alpha value is -1.06. The van der Waals surface area contributed by atoms with E-state index in [0.717, 1.165) is 12.1 Å². The highest BCUT2D eigenvalue weighted by molar-refractivity contribution is 5.85. The molecule has 1 aromatic rings. The average molecular weight is 214 g/mol. The Morgan fingerprint density at radius 2 is 2.00 bits per heavy atom. The SMILES string of the molecule is Cl.O=C(O)[C@H]1NC[C@H]1c1ccccc1. The van der Waals surface area contributed by atoms with Gasteiger partial charge in [0.1, 0.15) is 6.04 Å². The molecule has 3 nitrogen and oxygen atoms in total. The number of hydrogen-bond donors (Lipinski definition) is 2. The van der Waals surface area contributed by atoms with Crippen LogP contribution in [0, 0.1) is 0 Å². The van der Waals surface area contributed by atoms with Gasteiger partial charge in [0.05, 0.1) is 0 Å². The van der Waals surface area contributed by atoms with Crippen LogP contribution in [0.5, 0.6) is 0 Å². The fourth-order valence-corrected chi connectivity index (χ4v) is 1.62. The lowest BCUT2D eigenvalue weighted by Gasteiger charge is -2.35. The van der Waals surface area contributed by atoms with Gasteiger partial charge in [0, 0.05) is 12.5 Å². The van der Waals surface area contributed by atoms with E-state index in [1.165, 1.54) is 0 Å². The number of benzene rings is 1. The number of carboxylic acids is 1. The molecule has 0 unspecified atom stereocenters. The van der Waals surface area contributed by atoms with E-state index in [4.69, 9.17) is 5.11 Å². The Kier molecular flexibility index (Phi) is 3.49. The van der Waals surface area contributed by atoms with Crippen LogP contribution in [0.4, 0.5) is 0 Å². The molecule has 1 aliphatic heterocycles. The average Bonchev–Trinajstić information content (AvgIpc) is 2.02. The second kappa shape index (κ2) is 4.44. The second-order valence-corrected chi connectivity index (χ2v) is 3.24. The molecule has 2 rings (SSSR count). The van der Waals surface area contributed by atoms with E-state index >= 15 is 0 Å². The van der Waals surface area contributed by atoms with Crippen LogP contribution in [-0.2, 0) is 4.79 Å². The Morgan fingerprint density at radius 1 is 1.36 bits per heavy atom. The molecule has 0 saturated carbocycles. The Labute approximate surface area is 88.5 Å². The number of nitrogens with one attached hydrogen (secondary N) is 1. The van der Waals surface area contributed by atoms with Crippen LogP contribution in [0.25, 0.3) is 0 Å². The van der Waals surface area contributed by atoms with Gasteiger partial charge >= 0.3 is 5.97 Å².